The van der Waals surface area contributed by atoms with Crippen LogP contribution in [0, 0.1) is 0 Å². The molecule has 10 nitrogen and oxygen atoms in total. The highest BCUT2D eigenvalue weighted by Gasteiger charge is 2.35. The minimum Gasteiger partial charge on any atom is -0.467 e. The molecule has 0 atom stereocenters. The highest BCUT2D eigenvalue weighted by Crippen LogP contribution is 2.33. The van der Waals surface area contributed by atoms with Gasteiger partial charge in [0.2, 0.25) is 0 Å². The van der Waals surface area contributed by atoms with Crippen LogP contribution in [0.5, 0.6) is 0 Å². The number of nitrogens with zero attached hydrogens (tertiary/aromatic N) is 6. The third kappa shape index (κ3) is 6.13. The molecule has 0 fully saturated rings. The molecule has 0 unspecified atom stereocenters. The fourth-order valence-electron chi connectivity index (χ4n) is 4.22. The van der Waals surface area contributed by atoms with E-state index in [9.17, 15) is 9.59 Å². The number of aromatic nitrogens is 6. The monoisotopic (exact) mass is 638 g/mol. The molecule has 5 aromatic rings. The van der Waals surface area contributed by atoms with Gasteiger partial charge in [-0.3, -0.25) is 9.97 Å². The highest BCUT2D eigenvalue weighted by atomic mass is 79.9. The second kappa shape index (κ2) is 12.4. The van der Waals surface area contributed by atoms with E-state index in [0.29, 0.717) is 4.60 Å². The van der Waals surface area contributed by atoms with Crippen LogP contribution in [0.4, 0.5) is 0 Å². The molecule has 4 aromatic heterocycles. The molecule has 0 N–H and O–H groups in total. The Kier molecular flexibility index (Phi) is 9.13. The SMILES string of the molecule is COC(=O)C(C)(C)n1nc(Br)c2ccncc21.COC(=O)C(C)(C)n1nc(SCc2ccccc2)c2ccncc21. The van der Waals surface area contributed by atoms with Gasteiger partial charge in [0.25, 0.3) is 0 Å². The quantitative estimate of drug-likeness (QED) is 0.163. The van der Waals surface area contributed by atoms with Crippen molar-refractivity contribution in [3.63, 3.8) is 0 Å². The number of halogens is 1. The standard InChI is InChI=1S/C18H19N3O2S.C11H12BrN3O2/c1-18(2,17(22)23-3)21-15-11-19-10-9-14(15)16(20-21)24-12-13-7-5-4-6-8-13;1-11(2,10(16)17-3)15-8-6-13-5-4-7(8)9(12)14-15/h4-11H,12H2,1-3H3;4-6H,1-3H3. The molecule has 0 aliphatic carbocycles. The normalized spacial score (nSPS) is 11.7. The largest absolute Gasteiger partial charge is 0.467 e. The van der Waals surface area contributed by atoms with E-state index in [0.717, 1.165) is 32.6 Å². The molecular formula is C29H31BrN6O4S. The van der Waals surface area contributed by atoms with Crippen LogP contribution in [0.25, 0.3) is 21.8 Å². The van der Waals surface area contributed by atoms with Crippen molar-refractivity contribution in [2.24, 2.45) is 0 Å². The minimum atomic E-state index is -0.901. The fourth-order valence-corrected chi connectivity index (χ4v) is 5.67. The van der Waals surface area contributed by atoms with Crippen molar-refractivity contribution in [3.8, 4) is 0 Å². The van der Waals surface area contributed by atoms with Gasteiger partial charge in [-0.05, 0) is 61.3 Å². The lowest BCUT2D eigenvalue weighted by atomic mass is 10.1. The zero-order valence-corrected chi connectivity index (χ0v) is 26.1. The number of benzene rings is 1. The van der Waals surface area contributed by atoms with Crippen molar-refractivity contribution >= 4 is 61.4 Å². The molecule has 214 valence electrons. The van der Waals surface area contributed by atoms with Crippen LogP contribution in [0.3, 0.4) is 0 Å². The summed E-state index contributed by atoms with van der Waals surface area (Å²) in [6.45, 7) is 7.10. The first-order valence-corrected chi connectivity index (χ1v) is 14.5. The second-order valence-corrected chi connectivity index (χ2v) is 11.8. The summed E-state index contributed by atoms with van der Waals surface area (Å²) in [5.41, 5.74) is 1.06. The number of rotatable bonds is 7. The third-order valence-corrected chi connectivity index (χ3v) is 8.17. The maximum Gasteiger partial charge on any atom is 0.333 e. The van der Waals surface area contributed by atoms with Gasteiger partial charge in [0.15, 0.2) is 11.1 Å². The maximum absolute atomic E-state index is 12.2. The topological polar surface area (TPSA) is 114 Å². The van der Waals surface area contributed by atoms with E-state index < -0.39 is 11.1 Å². The number of thioether (sulfide) groups is 1. The summed E-state index contributed by atoms with van der Waals surface area (Å²) >= 11 is 5.02. The molecular weight excluding hydrogens is 608 g/mol. The molecule has 4 heterocycles. The molecule has 0 saturated carbocycles. The van der Waals surface area contributed by atoms with Gasteiger partial charge in [-0.15, -0.1) is 0 Å². The van der Waals surface area contributed by atoms with Crippen molar-refractivity contribution < 1.29 is 19.1 Å². The van der Waals surface area contributed by atoms with E-state index in [1.165, 1.54) is 19.8 Å². The van der Waals surface area contributed by atoms with Gasteiger partial charge in [-0.2, -0.15) is 10.2 Å². The zero-order valence-electron chi connectivity index (χ0n) is 23.7. The molecule has 1 aromatic carbocycles. The Morgan fingerprint density at radius 3 is 1.88 bits per heavy atom. The Labute approximate surface area is 250 Å². The molecule has 0 spiro atoms. The number of carbonyl (C=O) groups excluding carboxylic acids is 2. The molecule has 41 heavy (non-hydrogen) atoms. The molecule has 0 aliphatic rings. The highest BCUT2D eigenvalue weighted by molar-refractivity contribution is 9.10. The maximum atomic E-state index is 12.2. The number of hydrogen-bond acceptors (Lipinski definition) is 9. The van der Waals surface area contributed by atoms with Gasteiger partial charge in [-0.1, -0.05) is 42.1 Å². The van der Waals surface area contributed by atoms with Crippen molar-refractivity contribution in [2.45, 2.75) is 49.6 Å². The number of carbonyl (C=O) groups is 2. The summed E-state index contributed by atoms with van der Waals surface area (Å²) in [6.07, 6.45) is 6.84. The Morgan fingerprint density at radius 2 is 1.32 bits per heavy atom. The number of ether oxygens (including phenoxy) is 2. The van der Waals surface area contributed by atoms with Crippen LogP contribution in [0.15, 0.2) is 76.9 Å². The van der Waals surface area contributed by atoms with Crippen LogP contribution < -0.4 is 0 Å². The van der Waals surface area contributed by atoms with Gasteiger partial charge < -0.3 is 9.47 Å². The van der Waals surface area contributed by atoms with Gasteiger partial charge in [-0.25, -0.2) is 19.0 Å². The van der Waals surface area contributed by atoms with Crippen LogP contribution >= 0.6 is 27.7 Å². The number of pyridine rings is 2. The zero-order chi connectivity index (χ0) is 29.8. The van der Waals surface area contributed by atoms with E-state index in [2.05, 4.69) is 48.2 Å². The summed E-state index contributed by atoms with van der Waals surface area (Å²) < 4.78 is 13.7. The summed E-state index contributed by atoms with van der Waals surface area (Å²) in [5.74, 6) is 0.127. The van der Waals surface area contributed by atoms with Crippen molar-refractivity contribution in [2.75, 3.05) is 14.2 Å². The van der Waals surface area contributed by atoms with Crippen molar-refractivity contribution in [1.82, 2.24) is 29.5 Å². The fraction of sp³-hybridized carbons (Fsp3) is 0.310. The number of methoxy groups -OCH3 is 2. The molecule has 12 heteroatoms. The van der Waals surface area contributed by atoms with E-state index in [1.54, 1.807) is 73.6 Å². The predicted molar refractivity (Wildman–Crippen MR) is 161 cm³/mol. The van der Waals surface area contributed by atoms with E-state index in [1.807, 2.05) is 30.3 Å². The average molecular weight is 640 g/mol. The third-order valence-electron chi connectivity index (χ3n) is 6.53. The van der Waals surface area contributed by atoms with Crippen molar-refractivity contribution in [3.05, 3.63) is 77.4 Å². The first-order chi connectivity index (χ1) is 19.5. The molecule has 0 bridgehead atoms. The second-order valence-electron chi connectivity index (χ2n) is 10.1. The van der Waals surface area contributed by atoms with Crippen molar-refractivity contribution in [1.29, 1.82) is 0 Å². The molecule has 0 aliphatic heterocycles. The Balaban J connectivity index is 0.000000201. The molecule has 0 saturated heterocycles. The van der Waals surface area contributed by atoms with Crippen LogP contribution in [0.2, 0.25) is 0 Å². The number of fused-ring (bicyclic) bond motifs is 2. The number of hydrogen-bond donors (Lipinski definition) is 0. The van der Waals surface area contributed by atoms with Gasteiger partial charge >= 0.3 is 11.9 Å². The van der Waals surface area contributed by atoms with Crippen LogP contribution in [0.1, 0.15) is 33.3 Å². The average Bonchev–Trinajstić information content (AvgIpc) is 3.55. The first kappa shape index (κ1) is 30.2. The summed E-state index contributed by atoms with van der Waals surface area (Å²) in [5, 5.41) is 11.8. The van der Waals surface area contributed by atoms with E-state index in [4.69, 9.17) is 9.47 Å². The smallest absolute Gasteiger partial charge is 0.333 e. The summed E-state index contributed by atoms with van der Waals surface area (Å²) in [4.78, 5) is 32.2. The lowest BCUT2D eigenvalue weighted by Gasteiger charge is -2.22. The molecule has 0 amide bonds. The first-order valence-electron chi connectivity index (χ1n) is 12.7. The number of esters is 2. The summed E-state index contributed by atoms with van der Waals surface area (Å²) in [7, 11) is 2.75. The minimum absolute atomic E-state index is 0.338. The Hall–Kier alpha value is -3.77. The van der Waals surface area contributed by atoms with Crippen LogP contribution in [-0.2, 0) is 35.9 Å². The molecule has 5 rings (SSSR count). The Bertz CT molecular complexity index is 1680. The lowest BCUT2D eigenvalue weighted by Crippen LogP contribution is -2.37. The van der Waals surface area contributed by atoms with Gasteiger partial charge in [0, 0.05) is 28.9 Å². The van der Waals surface area contributed by atoms with E-state index in [-0.39, 0.29) is 11.9 Å². The van der Waals surface area contributed by atoms with Gasteiger partial charge in [0.1, 0.15) is 9.63 Å². The summed E-state index contributed by atoms with van der Waals surface area (Å²) in [6, 6.07) is 14.0. The Morgan fingerprint density at radius 1 is 0.805 bits per heavy atom. The predicted octanol–water partition coefficient (Wildman–Crippen LogP) is 5.73. The van der Waals surface area contributed by atoms with Gasteiger partial charge in [0.05, 0.1) is 37.6 Å². The molecule has 0 radical (unpaired) electrons. The van der Waals surface area contributed by atoms with Crippen LogP contribution in [-0.4, -0.2) is 55.7 Å². The van der Waals surface area contributed by atoms with E-state index >= 15 is 0 Å². The lowest BCUT2D eigenvalue weighted by molar-refractivity contribution is -0.150.